The van der Waals surface area contributed by atoms with Gasteiger partial charge in [0.15, 0.2) is 0 Å². The molecule has 1 aliphatic carbocycles. The van der Waals surface area contributed by atoms with Crippen molar-refractivity contribution in [2.75, 3.05) is 12.8 Å². The van der Waals surface area contributed by atoms with Gasteiger partial charge in [0.05, 0.1) is 12.8 Å². The molecule has 0 heterocycles. The Morgan fingerprint density at radius 2 is 1.55 bits per heavy atom. The van der Waals surface area contributed by atoms with Crippen molar-refractivity contribution in [3.05, 3.63) is 59.7 Å². The normalized spacial score (nSPS) is 16.5. The van der Waals surface area contributed by atoms with Gasteiger partial charge in [0, 0.05) is 5.92 Å². The molecule has 0 aliphatic heterocycles. The van der Waals surface area contributed by atoms with Gasteiger partial charge in [-0.05, 0) is 29.2 Å². The average molecular weight is 288 g/mol. The molecule has 1 unspecified atom stereocenters. The topological polar surface area (TPSA) is 46.5 Å². The van der Waals surface area contributed by atoms with Gasteiger partial charge in [-0.25, -0.2) is 0 Å². The standard InChI is InChI=1S/C16H17O3P/c1-2-19-20(17,18)11-16-14-9-5-3-7-12(14)13-8-4-6-10-15(13)16/h3-10,16H,2,11H2,1H3,(H,17,18). The molecule has 0 saturated heterocycles. The average Bonchev–Trinajstić information content (AvgIpc) is 2.74. The molecule has 0 spiro atoms. The molecule has 3 nitrogen and oxygen atoms in total. The minimum absolute atomic E-state index is 0.0650. The van der Waals surface area contributed by atoms with Crippen LogP contribution in [0.1, 0.15) is 24.0 Å². The Bertz CT molecular complexity index is 635. The molecule has 1 N–H and O–H groups in total. The molecule has 0 saturated carbocycles. The van der Waals surface area contributed by atoms with Crippen LogP contribution in [0.2, 0.25) is 0 Å². The second-order valence-electron chi connectivity index (χ2n) is 4.96. The Morgan fingerprint density at radius 3 is 2.05 bits per heavy atom. The summed E-state index contributed by atoms with van der Waals surface area (Å²) < 4.78 is 17.2. The predicted octanol–water partition coefficient (Wildman–Crippen LogP) is 4.02. The van der Waals surface area contributed by atoms with Gasteiger partial charge in [0.1, 0.15) is 0 Å². The summed E-state index contributed by atoms with van der Waals surface area (Å²) in [5, 5.41) is 0. The van der Waals surface area contributed by atoms with Crippen molar-refractivity contribution in [1.82, 2.24) is 0 Å². The second kappa shape index (κ2) is 5.17. The second-order valence-corrected chi connectivity index (χ2v) is 6.86. The van der Waals surface area contributed by atoms with Crippen LogP contribution in [0.5, 0.6) is 0 Å². The summed E-state index contributed by atoms with van der Waals surface area (Å²) in [6.07, 6.45) is 0.134. The Balaban J connectivity index is 2.05. The van der Waals surface area contributed by atoms with E-state index < -0.39 is 7.60 Å². The van der Waals surface area contributed by atoms with E-state index in [2.05, 4.69) is 12.1 Å². The highest BCUT2D eigenvalue weighted by Crippen LogP contribution is 2.53. The minimum Gasteiger partial charge on any atom is -0.324 e. The lowest BCUT2D eigenvalue weighted by atomic mass is 9.99. The van der Waals surface area contributed by atoms with E-state index in [0.29, 0.717) is 0 Å². The van der Waals surface area contributed by atoms with Crippen molar-refractivity contribution in [2.45, 2.75) is 12.8 Å². The van der Waals surface area contributed by atoms with Crippen molar-refractivity contribution in [1.29, 1.82) is 0 Å². The molecule has 1 atom stereocenters. The highest BCUT2D eigenvalue weighted by Gasteiger charge is 2.34. The molecule has 0 amide bonds. The number of benzene rings is 2. The molecule has 0 aromatic heterocycles. The van der Waals surface area contributed by atoms with Gasteiger partial charge < -0.3 is 9.42 Å². The quantitative estimate of drug-likeness (QED) is 0.864. The van der Waals surface area contributed by atoms with E-state index in [4.69, 9.17) is 4.52 Å². The van der Waals surface area contributed by atoms with Crippen LogP contribution in [0, 0.1) is 0 Å². The summed E-state index contributed by atoms with van der Waals surface area (Å²) in [4.78, 5) is 9.96. The molecule has 0 fully saturated rings. The minimum atomic E-state index is -3.55. The van der Waals surface area contributed by atoms with Gasteiger partial charge >= 0.3 is 7.60 Å². The summed E-state index contributed by atoms with van der Waals surface area (Å²) in [5.74, 6) is -0.0650. The molecular weight excluding hydrogens is 271 g/mol. The van der Waals surface area contributed by atoms with Crippen LogP contribution in [0.25, 0.3) is 11.1 Å². The van der Waals surface area contributed by atoms with Crippen molar-refractivity contribution in [2.24, 2.45) is 0 Å². The zero-order chi connectivity index (χ0) is 14.2. The van der Waals surface area contributed by atoms with Crippen LogP contribution in [-0.2, 0) is 9.09 Å². The smallest absolute Gasteiger partial charge is 0.324 e. The van der Waals surface area contributed by atoms with Crippen LogP contribution < -0.4 is 0 Å². The van der Waals surface area contributed by atoms with Gasteiger partial charge in [-0.15, -0.1) is 0 Å². The van der Waals surface area contributed by atoms with E-state index in [1.165, 1.54) is 0 Å². The summed E-state index contributed by atoms with van der Waals surface area (Å²) >= 11 is 0. The van der Waals surface area contributed by atoms with Gasteiger partial charge in [0.2, 0.25) is 0 Å². The van der Waals surface area contributed by atoms with Crippen molar-refractivity contribution >= 4 is 7.60 Å². The van der Waals surface area contributed by atoms with Gasteiger partial charge in [-0.1, -0.05) is 48.5 Å². The highest BCUT2D eigenvalue weighted by atomic mass is 31.2. The largest absolute Gasteiger partial charge is 0.329 e. The molecule has 2 aromatic carbocycles. The summed E-state index contributed by atoms with van der Waals surface area (Å²) in [6, 6.07) is 16.1. The first-order valence-electron chi connectivity index (χ1n) is 6.77. The fraction of sp³-hybridized carbons (Fsp3) is 0.250. The lowest BCUT2D eigenvalue weighted by Gasteiger charge is -2.17. The first-order valence-corrected chi connectivity index (χ1v) is 8.53. The fourth-order valence-corrected chi connectivity index (χ4v) is 4.31. The third-order valence-corrected chi connectivity index (χ3v) is 5.19. The molecule has 0 radical (unpaired) electrons. The van der Waals surface area contributed by atoms with Crippen LogP contribution >= 0.6 is 7.60 Å². The summed E-state index contributed by atoms with van der Waals surface area (Å²) in [7, 11) is -3.55. The molecule has 1 aliphatic rings. The zero-order valence-corrected chi connectivity index (χ0v) is 12.2. The zero-order valence-electron chi connectivity index (χ0n) is 11.3. The third kappa shape index (κ3) is 2.33. The maximum absolute atomic E-state index is 12.1. The maximum atomic E-state index is 12.1. The molecule has 2 aromatic rings. The maximum Gasteiger partial charge on any atom is 0.329 e. The van der Waals surface area contributed by atoms with Gasteiger partial charge in [-0.2, -0.15) is 0 Å². The lowest BCUT2D eigenvalue weighted by molar-refractivity contribution is 0.272. The van der Waals surface area contributed by atoms with E-state index in [1.807, 2.05) is 36.4 Å². The number of rotatable bonds is 4. The summed E-state index contributed by atoms with van der Waals surface area (Å²) in [6.45, 7) is 1.99. The molecule has 3 rings (SSSR count). The van der Waals surface area contributed by atoms with E-state index >= 15 is 0 Å². The third-order valence-electron chi connectivity index (χ3n) is 3.71. The molecule has 104 valence electrons. The number of hydrogen-bond acceptors (Lipinski definition) is 2. The van der Waals surface area contributed by atoms with E-state index in [1.54, 1.807) is 6.92 Å². The monoisotopic (exact) mass is 288 g/mol. The Labute approximate surface area is 118 Å². The molecule has 20 heavy (non-hydrogen) atoms. The number of hydrogen-bond donors (Lipinski definition) is 1. The Hall–Kier alpha value is -1.41. The van der Waals surface area contributed by atoms with E-state index in [9.17, 15) is 9.46 Å². The van der Waals surface area contributed by atoms with Crippen LogP contribution in [0.4, 0.5) is 0 Å². The molecular formula is C16H17O3P. The van der Waals surface area contributed by atoms with Crippen molar-refractivity contribution in [3.8, 4) is 11.1 Å². The van der Waals surface area contributed by atoms with Gasteiger partial charge in [-0.3, -0.25) is 4.57 Å². The van der Waals surface area contributed by atoms with Crippen molar-refractivity contribution < 1.29 is 14.0 Å². The lowest BCUT2D eigenvalue weighted by Crippen LogP contribution is -2.05. The Morgan fingerprint density at radius 1 is 1.05 bits per heavy atom. The summed E-state index contributed by atoms with van der Waals surface area (Å²) in [5.41, 5.74) is 4.54. The number of fused-ring (bicyclic) bond motifs is 3. The fourth-order valence-electron chi connectivity index (χ4n) is 2.94. The van der Waals surface area contributed by atoms with Crippen LogP contribution in [0.15, 0.2) is 48.5 Å². The first-order chi connectivity index (χ1) is 9.62. The molecule has 4 heteroatoms. The van der Waals surface area contributed by atoms with Crippen LogP contribution in [0.3, 0.4) is 0 Å². The van der Waals surface area contributed by atoms with Crippen molar-refractivity contribution in [3.63, 3.8) is 0 Å². The Kier molecular flexibility index (Phi) is 3.51. The SMILES string of the molecule is CCOP(=O)(O)CC1c2ccccc2-c2ccccc21. The highest BCUT2D eigenvalue weighted by molar-refractivity contribution is 7.52. The van der Waals surface area contributed by atoms with Gasteiger partial charge in [0.25, 0.3) is 0 Å². The first kappa shape index (κ1) is 13.6. The molecule has 0 bridgehead atoms. The van der Waals surface area contributed by atoms with Crippen LogP contribution in [-0.4, -0.2) is 17.7 Å². The predicted molar refractivity (Wildman–Crippen MR) is 80.0 cm³/mol. The van der Waals surface area contributed by atoms with E-state index in [-0.39, 0.29) is 18.7 Å². The van der Waals surface area contributed by atoms with E-state index in [0.717, 1.165) is 22.3 Å².